The molecule has 1 unspecified atom stereocenters. The van der Waals surface area contributed by atoms with Gasteiger partial charge in [0.15, 0.2) is 6.10 Å². The van der Waals surface area contributed by atoms with Crippen LogP contribution in [0.3, 0.4) is 0 Å². The number of rotatable bonds is 51. The Morgan fingerprint density at radius 1 is 0.333 bits per heavy atom. The van der Waals surface area contributed by atoms with Gasteiger partial charge in [0, 0.05) is 19.3 Å². The smallest absolute Gasteiger partial charge is 0.306 e. The van der Waals surface area contributed by atoms with Crippen LogP contribution in [0.15, 0.2) is 0 Å². The molecule has 6 heteroatoms. The molecule has 0 aliphatic rings. The van der Waals surface area contributed by atoms with Gasteiger partial charge in [-0.2, -0.15) is 0 Å². The Morgan fingerprint density at radius 3 is 0.905 bits per heavy atom. The molecule has 0 heterocycles. The van der Waals surface area contributed by atoms with Crippen molar-refractivity contribution in [3.63, 3.8) is 0 Å². The molecule has 0 aromatic rings. The van der Waals surface area contributed by atoms with Crippen LogP contribution >= 0.6 is 0 Å². The van der Waals surface area contributed by atoms with Crippen LogP contribution in [0.5, 0.6) is 0 Å². The zero-order valence-corrected chi connectivity index (χ0v) is 43.2. The monoisotopic (exact) mass is 891 g/mol. The molecule has 0 fully saturated rings. The van der Waals surface area contributed by atoms with Crippen LogP contribution in [0.1, 0.15) is 317 Å². The van der Waals surface area contributed by atoms with Gasteiger partial charge in [0.2, 0.25) is 0 Å². The van der Waals surface area contributed by atoms with Crippen LogP contribution in [0.25, 0.3) is 0 Å². The Morgan fingerprint density at radius 2 is 0.603 bits per heavy atom. The van der Waals surface area contributed by atoms with Gasteiger partial charge in [-0.15, -0.1) is 0 Å². The third kappa shape index (κ3) is 49.7. The number of esters is 3. The van der Waals surface area contributed by atoms with Crippen molar-refractivity contribution < 1.29 is 28.6 Å². The van der Waals surface area contributed by atoms with E-state index in [1.165, 1.54) is 205 Å². The Labute approximate surface area is 393 Å². The number of carbonyl (C=O) groups is 3. The van der Waals surface area contributed by atoms with E-state index < -0.39 is 6.10 Å². The summed E-state index contributed by atoms with van der Waals surface area (Å²) in [5.41, 5.74) is 0. The van der Waals surface area contributed by atoms with E-state index in [-0.39, 0.29) is 31.1 Å². The van der Waals surface area contributed by atoms with Gasteiger partial charge in [-0.25, -0.2) is 0 Å². The van der Waals surface area contributed by atoms with E-state index in [2.05, 4.69) is 34.6 Å². The average molecular weight is 892 g/mol. The van der Waals surface area contributed by atoms with Gasteiger partial charge in [0.25, 0.3) is 0 Å². The van der Waals surface area contributed by atoms with Gasteiger partial charge in [0.1, 0.15) is 13.2 Å². The highest BCUT2D eigenvalue weighted by Crippen LogP contribution is 2.18. The Bertz CT molecular complexity index is 964. The van der Waals surface area contributed by atoms with Crippen molar-refractivity contribution >= 4 is 17.9 Å². The summed E-state index contributed by atoms with van der Waals surface area (Å²) < 4.78 is 16.9. The molecule has 6 nitrogen and oxygen atoms in total. The maximum Gasteiger partial charge on any atom is 0.306 e. The Balaban J connectivity index is 4.26. The summed E-state index contributed by atoms with van der Waals surface area (Å²) in [7, 11) is 0. The highest BCUT2D eigenvalue weighted by molar-refractivity contribution is 5.71. The molecule has 0 N–H and O–H groups in total. The molecule has 0 spiro atoms. The molecule has 0 saturated heterocycles. The summed E-state index contributed by atoms with van der Waals surface area (Å²) >= 11 is 0. The quantitative estimate of drug-likeness (QED) is 0.0344. The molecule has 0 bridgehead atoms. The predicted octanol–water partition coefficient (Wildman–Crippen LogP) is 18.5. The first-order valence-corrected chi connectivity index (χ1v) is 28.3. The molecule has 0 aromatic carbocycles. The van der Waals surface area contributed by atoms with Crippen molar-refractivity contribution in [3.8, 4) is 0 Å². The molecule has 374 valence electrons. The maximum atomic E-state index is 12.8. The molecule has 63 heavy (non-hydrogen) atoms. The van der Waals surface area contributed by atoms with E-state index in [1.54, 1.807) is 0 Å². The normalized spacial score (nSPS) is 12.5. The summed E-state index contributed by atoms with van der Waals surface area (Å²) in [6, 6.07) is 0. The Hall–Kier alpha value is -1.59. The number of carbonyl (C=O) groups excluding carboxylic acids is 3. The lowest BCUT2D eigenvalue weighted by molar-refractivity contribution is -0.167. The van der Waals surface area contributed by atoms with Gasteiger partial charge >= 0.3 is 17.9 Å². The maximum absolute atomic E-state index is 12.8. The van der Waals surface area contributed by atoms with Crippen LogP contribution in [-0.2, 0) is 28.6 Å². The number of ether oxygens (including phenoxy) is 3. The lowest BCUT2D eigenvalue weighted by Crippen LogP contribution is -2.30. The predicted molar refractivity (Wildman–Crippen MR) is 270 cm³/mol. The third-order valence-electron chi connectivity index (χ3n) is 13.3. The second kappa shape index (κ2) is 49.8. The minimum absolute atomic E-state index is 0.0635. The van der Waals surface area contributed by atoms with E-state index >= 15 is 0 Å². The number of unbranched alkanes of at least 4 members (excludes halogenated alkanes) is 35. The van der Waals surface area contributed by atoms with Gasteiger partial charge in [-0.05, 0) is 31.1 Å². The average Bonchev–Trinajstić information content (AvgIpc) is 3.27. The van der Waals surface area contributed by atoms with E-state index in [0.29, 0.717) is 19.3 Å². The summed E-state index contributed by atoms with van der Waals surface area (Å²) in [6.45, 7) is 11.4. The fourth-order valence-electron chi connectivity index (χ4n) is 8.66. The second-order valence-electron chi connectivity index (χ2n) is 20.3. The van der Waals surface area contributed by atoms with Crippen molar-refractivity contribution in [2.24, 2.45) is 11.8 Å². The minimum atomic E-state index is -0.763. The van der Waals surface area contributed by atoms with Crippen LogP contribution < -0.4 is 0 Å². The second-order valence-corrected chi connectivity index (χ2v) is 20.3. The van der Waals surface area contributed by atoms with E-state index in [4.69, 9.17) is 14.2 Å². The SMILES string of the molecule is CCCCCCCCCCCCCCCCCCCCCC(=O)OC[C@H](COC(=O)CCCCCCCCCCCCCC(C)C)OC(=O)CCCCCCCCCCC(C)CC. The molecule has 0 aliphatic carbocycles. The molecule has 0 aromatic heterocycles. The molecular weight excluding hydrogens is 781 g/mol. The van der Waals surface area contributed by atoms with Gasteiger partial charge in [-0.1, -0.05) is 279 Å². The lowest BCUT2D eigenvalue weighted by Gasteiger charge is -2.18. The summed E-state index contributed by atoms with van der Waals surface area (Å²) in [5.74, 6) is 0.827. The molecule has 2 atom stereocenters. The van der Waals surface area contributed by atoms with Crippen molar-refractivity contribution in [2.75, 3.05) is 13.2 Å². The fraction of sp³-hybridized carbons (Fsp3) is 0.947. The van der Waals surface area contributed by atoms with Crippen molar-refractivity contribution in [1.29, 1.82) is 0 Å². The highest BCUT2D eigenvalue weighted by Gasteiger charge is 2.19. The standard InChI is InChI=1S/C57H110O6/c1-6-8-9-10-11-12-13-14-15-16-17-18-19-20-23-26-32-37-42-47-55(58)61-50-54(63-57(60)49-44-39-34-29-28-31-36-41-46-53(5)7-2)51-62-56(59)48-43-38-33-27-24-21-22-25-30-35-40-45-52(3)4/h52-54H,6-51H2,1-5H3/t53?,54-/m1/s1. The lowest BCUT2D eigenvalue weighted by atomic mass is 9.99. The van der Waals surface area contributed by atoms with E-state index in [1.807, 2.05) is 0 Å². The summed E-state index contributed by atoms with van der Waals surface area (Å²) in [5, 5.41) is 0. The van der Waals surface area contributed by atoms with Gasteiger partial charge in [-0.3, -0.25) is 14.4 Å². The zero-order valence-electron chi connectivity index (χ0n) is 43.2. The van der Waals surface area contributed by atoms with Crippen molar-refractivity contribution in [1.82, 2.24) is 0 Å². The molecule has 0 radical (unpaired) electrons. The Kier molecular flexibility index (Phi) is 48.6. The molecule has 0 amide bonds. The zero-order chi connectivity index (χ0) is 46.1. The number of hydrogen-bond acceptors (Lipinski definition) is 6. The van der Waals surface area contributed by atoms with E-state index in [0.717, 1.165) is 69.6 Å². The number of hydrogen-bond donors (Lipinski definition) is 0. The van der Waals surface area contributed by atoms with Crippen LogP contribution in [0.4, 0.5) is 0 Å². The highest BCUT2D eigenvalue weighted by atomic mass is 16.6. The van der Waals surface area contributed by atoms with Gasteiger partial charge in [0.05, 0.1) is 0 Å². The molecule has 0 saturated carbocycles. The fourth-order valence-corrected chi connectivity index (χ4v) is 8.66. The summed E-state index contributed by atoms with van der Waals surface area (Å²) in [4.78, 5) is 38.1. The first-order chi connectivity index (χ1) is 30.8. The van der Waals surface area contributed by atoms with Crippen LogP contribution in [-0.4, -0.2) is 37.2 Å². The first kappa shape index (κ1) is 61.4. The minimum Gasteiger partial charge on any atom is -0.462 e. The van der Waals surface area contributed by atoms with Crippen molar-refractivity contribution in [3.05, 3.63) is 0 Å². The largest absolute Gasteiger partial charge is 0.462 e. The van der Waals surface area contributed by atoms with Crippen LogP contribution in [0.2, 0.25) is 0 Å². The first-order valence-electron chi connectivity index (χ1n) is 28.3. The molecule has 0 aliphatic heterocycles. The molecular formula is C57H110O6. The van der Waals surface area contributed by atoms with Crippen LogP contribution in [0, 0.1) is 11.8 Å². The molecule has 0 rings (SSSR count). The van der Waals surface area contributed by atoms with E-state index in [9.17, 15) is 14.4 Å². The van der Waals surface area contributed by atoms with Gasteiger partial charge < -0.3 is 14.2 Å². The van der Waals surface area contributed by atoms with Crippen molar-refractivity contribution in [2.45, 2.75) is 323 Å². The topological polar surface area (TPSA) is 78.9 Å². The third-order valence-corrected chi connectivity index (χ3v) is 13.3. The summed E-state index contributed by atoms with van der Waals surface area (Å²) in [6.07, 6.45) is 52.3.